The lowest BCUT2D eigenvalue weighted by Crippen LogP contribution is -2.48. The van der Waals surface area contributed by atoms with Crippen LogP contribution in [0.2, 0.25) is 0 Å². The minimum Gasteiger partial charge on any atom is -0.485 e. The highest BCUT2D eigenvalue weighted by Gasteiger charge is 2.24. The number of piperazine rings is 1. The molecule has 0 aliphatic carbocycles. The summed E-state index contributed by atoms with van der Waals surface area (Å²) in [6.45, 7) is 8.26. The van der Waals surface area contributed by atoms with Gasteiger partial charge in [0.25, 0.3) is 5.91 Å². The molecule has 0 bridgehead atoms. The number of ether oxygens (including phenoxy) is 1. The molecule has 0 atom stereocenters. The van der Waals surface area contributed by atoms with Crippen molar-refractivity contribution in [3.05, 3.63) is 83.1 Å². The Morgan fingerprint density at radius 2 is 1.93 bits per heavy atom. The van der Waals surface area contributed by atoms with Gasteiger partial charge in [0.15, 0.2) is 5.76 Å². The molecule has 1 fully saturated rings. The lowest BCUT2D eigenvalue weighted by molar-refractivity contribution is 0.0594. The predicted octanol–water partition coefficient (Wildman–Crippen LogP) is 3.83. The Kier molecular flexibility index (Phi) is 6.14. The molecule has 30 heavy (non-hydrogen) atoms. The summed E-state index contributed by atoms with van der Waals surface area (Å²) in [6.07, 6.45) is 3.67. The van der Waals surface area contributed by atoms with Gasteiger partial charge in [-0.25, -0.2) is 0 Å². The van der Waals surface area contributed by atoms with E-state index < -0.39 is 0 Å². The Labute approximate surface area is 177 Å². The van der Waals surface area contributed by atoms with Crippen molar-refractivity contribution in [1.29, 1.82) is 0 Å². The molecule has 6 heteroatoms. The average Bonchev–Trinajstić information content (AvgIpc) is 3.24. The fourth-order valence-corrected chi connectivity index (χ4v) is 3.60. The summed E-state index contributed by atoms with van der Waals surface area (Å²) in [5.41, 5.74) is 3.41. The van der Waals surface area contributed by atoms with Crippen LogP contribution in [0.3, 0.4) is 0 Å². The van der Waals surface area contributed by atoms with Crippen molar-refractivity contribution < 1.29 is 13.9 Å². The maximum absolute atomic E-state index is 12.8. The van der Waals surface area contributed by atoms with Crippen LogP contribution in [-0.2, 0) is 13.2 Å². The molecule has 0 radical (unpaired) electrons. The fourth-order valence-electron chi connectivity index (χ4n) is 3.60. The third kappa shape index (κ3) is 4.89. The Balaban J connectivity index is 1.29. The van der Waals surface area contributed by atoms with Gasteiger partial charge in [0.1, 0.15) is 18.1 Å². The van der Waals surface area contributed by atoms with Gasteiger partial charge in [0.05, 0.1) is 0 Å². The van der Waals surface area contributed by atoms with Crippen LogP contribution in [0.15, 0.2) is 59.3 Å². The van der Waals surface area contributed by atoms with Crippen molar-refractivity contribution in [2.75, 3.05) is 26.2 Å². The number of furan rings is 1. The molecule has 3 heterocycles. The zero-order chi connectivity index (χ0) is 20.9. The number of hydrogen-bond donors (Lipinski definition) is 0. The summed E-state index contributed by atoms with van der Waals surface area (Å²) in [5.74, 6) is 1.79. The molecule has 2 aromatic heterocycles. The number of aromatic nitrogens is 1. The van der Waals surface area contributed by atoms with E-state index in [9.17, 15) is 4.79 Å². The van der Waals surface area contributed by atoms with Crippen LogP contribution in [-0.4, -0.2) is 46.9 Å². The number of carbonyl (C=O) groups is 1. The molecule has 0 unspecified atom stereocenters. The van der Waals surface area contributed by atoms with Crippen LogP contribution in [0.4, 0.5) is 0 Å². The molecule has 1 aliphatic rings. The minimum atomic E-state index is -0.0611. The van der Waals surface area contributed by atoms with E-state index in [4.69, 9.17) is 9.15 Å². The third-order valence-electron chi connectivity index (χ3n) is 5.37. The topological polar surface area (TPSA) is 58.8 Å². The van der Waals surface area contributed by atoms with E-state index in [1.165, 1.54) is 5.56 Å². The SMILES string of the molecule is Cc1ccc(C)c(OCc2ccc(C(=O)N3CCN(Cc4cccnc4)CC3)o2)c1. The monoisotopic (exact) mass is 405 g/mol. The molecular weight excluding hydrogens is 378 g/mol. The number of carbonyl (C=O) groups excluding carboxylic acids is 1. The molecule has 1 saturated heterocycles. The molecule has 1 aliphatic heterocycles. The maximum Gasteiger partial charge on any atom is 0.289 e. The lowest BCUT2D eigenvalue weighted by Gasteiger charge is -2.34. The highest BCUT2D eigenvalue weighted by atomic mass is 16.5. The van der Waals surface area contributed by atoms with Gasteiger partial charge in [-0.1, -0.05) is 18.2 Å². The summed E-state index contributed by atoms with van der Waals surface area (Å²) in [7, 11) is 0. The van der Waals surface area contributed by atoms with Crippen LogP contribution in [0.1, 0.15) is 33.0 Å². The van der Waals surface area contributed by atoms with E-state index in [2.05, 4.69) is 22.0 Å². The van der Waals surface area contributed by atoms with Gasteiger partial charge in [-0.05, 0) is 54.8 Å². The van der Waals surface area contributed by atoms with E-state index in [0.29, 0.717) is 31.2 Å². The van der Waals surface area contributed by atoms with E-state index in [1.807, 2.05) is 49.2 Å². The quantitative estimate of drug-likeness (QED) is 0.624. The van der Waals surface area contributed by atoms with Crippen LogP contribution in [0, 0.1) is 13.8 Å². The van der Waals surface area contributed by atoms with Crippen molar-refractivity contribution in [3.8, 4) is 5.75 Å². The van der Waals surface area contributed by atoms with E-state index in [1.54, 1.807) is 12.3 Å². The molecule has 156 valence electrons. The normalized spacial score (nSPS) is 14.7. The third-order valence-corrected chi connectivity index (χ3v) is 5.37. The second-order valence-corrected chi connectivity index (χ2v) is 7.75. The van der Waals surface area contributed by atoms with Crippen molar-refractivity contribution in [3.63, 3.8) is 0 Å². The zero-order valence-corrected chi connectivity index (χ0v) is 17.5. The molecule has 4 rings (SSSR count). The number of aryl methyl sites for hydroxylation is 2. The number of rotatable bonds is 6. The standard InChI is InChI=1S/C24H27N3O3/c1-18-5-6-19(2)23(14-18)29-17-21-7-8-22(30-21)24(28)27-12-10-26(11-13-27)16-20-4-3-9-25-15-20/h3-9,14-15H,10-13,16-17H2,1-2H3. The van der Waals surface area contributed by atoms with Crippen LogP contribution < -0.4 is 4.74 Å². The van der Waals surface area contributed by atoms with Gasteiger partial charge in [0.2, 0.25) is 0 Å². The summed E-state index contributed by atoms with van der Waals surface area (Å²) in [5, 5.41) is 0. The second kappa shape index (κ2) is 9.13. The zero-order valence-electron chi connectivity index (χ0n) is 17.5. The van der Waals surface area contributed by atoms with Gasteiger partial charge in [0, 0.05) is 45.1 Å². The first-order valence-corrected chi connectivity index (χ1v) is 10.3. The fraction of sp³-hybridized carbons (Fsp3) is 0.333. The van der Waals surface area contributed by atoms with Crippen LogP contribution >= 0.6 is 0 Å². The first-order valence-electron chi connectivity index (χ1n) is 10.3. The smallest absolute Gasteiger partial charge is 0.289 e. The van der Waals surface area contributed by atoms with E-state index in [-0.39, 0.29) is 5.91 Å². The predicted molar refractivity (Wildman–Crippen MR) is 114 cm³/mol. The second-order valence-electron chi connectivity index (χ2n) is 7.75. The highest BCUT2D eigenvalue weighted by molar-refractivity contribution is 5.91. The Bertz CT molecular complexity index is 992. The average molecular weight is 405 g/mol. The highest BCUT2D eigenvalue weighted by Crippen LogP contribution is 2.21. The molecule has 1 aromatic carbocycles. The van der Waals surface area contributed by atoms with Gasteiger partial charge in [-0.15, -0.1) is 0 Å². The minimum absolute atomic E-state index is 0.0611. The molecule has 0 N–H and O–H groups in total. The summed E-state index contributed by atoms with van der Waals surface area (Å²) in [4.78, 5) is 21.2. The van der Waals surface area contributed by atoms with Crippen molar-refractivity contribution in [2.45, 2.75) is 27.0 Å². The van der Waals surface area contributed by atoms with Gasteiger partial charge in [-0.2, -0.15) is 0 Å². The Morgan fingerprint density at radius 3 is 2.70 bits per heavy atom. The van der Waals surface area contributed by atoms with Gasteiger partial charge < -0.3 is 14.1 Å². The van der Waals surface area contributed by atoms with Crippen LogP contribution in [0.5, 0.6) is 5.75 Å². The molecule has 3 aromatic rings. The van der Waals surface area contributed by atoms with E-state index >= 15 is 0 Å². The first-order chi connectivity index (χ1) is 14.6. The summed E-state index contributed by atoms with van der Waals surface area (Å²) < 4.78 is 11.7. The molecular formula is C24H27N3O3. The Morgan fingerprint density at radius 1 is 1.10 bits per heavy atom. The number of benzene rings is 1. The van der Waals surface area contributed by atoms with E-state index in [0.717, 1.165) is 36.5 Å². The maximum atomic E-state index is 12.8. The molecule has 0 spiro atoms. The van der Waals surface area contributed by atoms with Crippen molar-refractivity contribution in [2.24, 2.45) is 0 Å². The summed E-state index contributed by atoms with van der Waals surface area (Å²) in [6, 6.07) is 13.7. The van der Waals surface area contributed by atoms with Crippen molar-refractivity contribution >= 4 is 5.91 Å². The van der Waals surface area contributed by atoms with Gasteiger partial charge in [-0.3, -0.25) is 14.7 Å². The molecule has 1 amide bonds. The van der Waals surface area contributed by atoms with Crippen molar-refractivity contribution in [1.82, 2.24) is 14.8 Å². The number of nitrogens with zero attached hydrogens (tertiary/aromatic N) is 3. The Hall–Kier alpha value is -3.12. The molecule has 0 saturated carbocycles. The number of hydrogen-bond acceptors (Lipinski definition) is 5. The largest absolute Gasteiger partial charge is 0.485 e. The molecule has 6 nitrogen and oxygen atoms in total. The number of amides is 1. The lowest BCUT2D eigenvalue weighted by atomic mass is 10.1. The number of pyridine rings is 1. The van der Waals surface area contributed by atoms with Crippen LogP contribution in [0.25, 0.3) is 0 Å². The summed E-state index contributed by atoms with van der Waals surface area (Å²) >= 11 is 0. The first kappa shape index (κ1) is 20.2. The van der Waals surface area contributed by atoms with Gasteiger partial charge >= 0.3 is 0 Å².